The molecule has 122 valence electrons. The van der Waals surface area contributed by atoms with Crippen molar-refractivity contribution in [2.24, 2.45) is 0 Å². The molecule has 0 saturated heterocycles. The van der Waals surface area contributed by atoms with Gasteiger partial charge in [0, 0.05) is 10.7 Å². The van der Waals surface area contributed by atoms with Crippen LogP contribution in [0.3, 0.4) is 0 Å². The first kappa shape index (κ1) is 17.4. The van der Waals surface area contributed by atoms with E-state index in [1.807, 2.05) is 6.92 Å². The van der Waals surface area contributed by atoms with Gasteiger partial charge in [0.1, 0.15) is 5.76 Å². The van der Waals surface area contributed by atoms with Crippen LogP contribution in [0.25, 0.3) is 0 Å². The molecule has 0 bridgehead atoms. The zero-order valence-corrected chi connectivity index (χ0v) is 14.3. The van der Waals surface area contributed by atoms with Crippen LogP contribution in [0.4, 0.5) is 5.69 Å². The summed E-state index contributed by atoms with van der Waals surface area (Å²) >= 11 is 7.27. The highest BCUT2D eigenvalue weighted by atomic mass is 35.5. The van der Waals surface area contributed by atoms with Crippen LogP contribution in [-0.4, -0.2) is 24.7 Å². The average Bonchev–Trinajstić information content (AvgIpc) is 2.98. The van der Waals surface area contributed by atoms with E-state index in [9.17, 15) is 9.59 Å². The van der Waals surface area contributed by atoms with Crippen molar-refractivity contribution in [2.45, 2.75) is 12.7 Å². The number of benzene rings is 1. The Morgan fingerprint density at radius 3 is 2.78 bits per heavy atom. The van der Waals surface area contributed by atoms with E-state index in [4.69, 9.17) is 16.0 Å². The Balaban J connectivity index is 1.80. The van der Waals surface area contributed by atoms with Gasteiger partial charge in [0.2, 0.25) is 11.7 Å². The standard InChI is InChI=1S/C16H16ClNO4S/c1-10-7-11(17)3-5-13(10)18-15(19)9-23-8-12-4-6-14(22-12)16(20)21-2/h3-7H,8-9H2,1-2H3,(H,18,19). The number of hydrogen-bond donors (Lipinski definition) is 1. The molecule has 0 aliphatic carbocycles. The largest absolute Gasteiger partial charge is 0.463 e. The van der Waals surface area contributed by atoms with Crippen molar-refractivity contribution in [3.8, 4) is 0 Å². The number of esters is 1. The Bertz CT molecular complexity index is 714. The van der Waals surface area contributed by atoms with Crippen molar-refractivity contribution >= 4 is 40.9 Å². The predicted octanol–water partition coefficient (Wildman–Crippen LogP) is 3.90. The van der Waals surface area contributed by atoms with E-state index in [0.29, 0.717) is 16.5 Å². The van der Waals surface area contributed by atoms with Crippen molar-refractivity contribution in [3.63, 3.8) is 0 Å². The van der Waals surface area contributed by atoms with E-state index in [1.165, 1.54) is 18.9 Å². The van der Waals surface area contributed by atoms with Gasteiger partial charge >= 0.3 is 5.97 Å². The molecule has 0 aliphatic heterocycles. The normalized spacial score (nSPS) is 10.4. The highest BCUT2D eigenvalue weighted by molar-refractivity contribution is 7.99. The van der Waals surface area contributed by atoms with E-state index in [1.54, 1.807) is 30.3 Å². The van der Waals surface area contributed by atoms with Gasteiger partial charge in [-0.15, -0.1) is 11.8 Å². The number of nitrogens with one attached hydrogen (secondary N) is 1. The number of aryl methyl sites for hydroxylation is 1. The van der Waals surface area contributed by atoms with Crippen molar-refractivity contribution in [1.82, 2.24) is 0 Å². The van der Waals surface area contributed by atoms with Gasteiger partial charge in [0.25, 0.3) is 0 Å². The molecule has 23 heavy (non-hydrogen) atoms. The van der Waals surface area contributed by atoms with Gasteiger partial charge in [-0.3, -0.25) is 4.79 Å². The summed E-state index contributed by atoms with van der Waals surface area (Å²) in [7, 11) is 1.29. The molecule has 0 aliphatic rings. The molecular formula is C16H16ClNO4S. The number of amides is 1. The Morgan fingerprint density at radius 1 is 1.30 bits per heavy atom. The number of ether oxygens (including phenoxy) is 1. The summed E-state index contributed by atoms with van der Waals surface area (Å²) in [5, 5.41) is 3.47. The fraction of sp³-hybridized carbons (Fsp3) is 0.250. The van der Waals surface area contributed by atoms with Crippen LogP contribution in [-0.2, 0) is 15.3 Å². The number of hydrogen-bond acceptors (Lipinski definition) is 5. The van der Waals surface area contributed by atoms with Crippen LogP contribution < -0.4 is 5.32 Å². The quantitative estimate of drug-likeness (QED) is 0.797. The molecule has 0 unspecified atom stereocenters. The maximum atomic E-state index is 11.9. The lowest BCUT2D eigenvalue weighted by molar-refractivity contribution is -0.113. The number of halogens is 1. The van der Waals surface area contributed by atoms with Crippen molar-refractivity contribution < 1.29 is 18.7 Å². The van der Waals surface area contributed by atoms with Gasteiger partial charge in [-0.05, 0) is 42.8 Å². The van der Waals surface area contributed by atoms with Crippen LogP contribution in [0.2, 0.25) is 5.02 Å². The third-order valence-corrected chi connectivity index (χ3v) is 4.18. The minimum absolute atomic E-state index is 0.111. The maximum Gasteiger partial charge on any atom is 0.373 e. The molecule has 2 aromatic rings. The van der Waals surface area contributed by atoms with Crippen LogP contribution in [0.15, 0.2) is 34.7 Å². The van der Waals surface area contributed by atoms with Gasteiger partial charge in [0.15, 0.2) is 0 Å². The molecule has 1 heterocycles. The van der Waals surface area contributed by atoms with E-state index < -0.39 is 5.97 Å². The second-order valence-corrected chi connectivity index (χ2v) is 6.18. The number of carbonyl (C=O) groups excluding carboxylic acids is 2. The second-order valence-electron chi connectivity index (χ2n) is 4.76. The first-order valence-corrected chi connectivity index (χ1v) is 8.33. The number of thioether (sulfide) groups is 1. The highest BCUT2D eigenvalue weighted by Gasteiger charge is 2.11. The van der Waals surface area contributed by atoms with Crippen LogP contribution in [0.1, 0.15) is 21.9 Å². The summed E-state index contributed by atoms with van der Waals surface area (Å²) in [5.74, 6) is 0.910. The second kappa shape index (κ2) is 8.08. The van der Waals surface area contributed by atoms with Crippen molar-refractivity contribution in [2.75, 3.05) is 18.2 Å². The maximum absolute atomic E-state index is 11.9. The molecule has 1 amide bonds. The Labute approximate surface area is 143 Å². The first-order chi connectivity index (χ1) is 11.0. The molecule has 1 aromatic heterocycles. The molecule has 0 radical (unpaired) electrons. The molecule has 1 aromatic carbocycles. The fourth-order valence-corrected chi connectivity index (χ4v) is 2.81. The minimum Gasteiger partial charge on any atom is -0.463 e. The summed E-state index contributed by atoms with van der Waals surface area (Å²) in [6, 6.07) is 8.55. The zero-order chi connectivity index (χ0) is 16.8. The smallest absolute Gasteiger partial charge is 0.373 e. The Morgan fingerprint density at radius 2 is 2.09 bits per heavy atom. The summed E-state index contributed by atoms with van der Waals surface area (Å²) in [5.41, 5.74) is 1.65. The zero-order valence-electron chi connectivity index (χ0n) is 12.7. The molecule has 0 atom stereocenters. The molecule has 5 nitrogen and oxygen atoms in total. The lowest BCUT2D eigenvalue weighted by atomic mass is 10.2. The lowest BCUT2D eigenvalue weighted by Gasteiger charge is -2.08. The van der Waals surface area contributed by atoms with Crippen molar-refractivity contribution in [3.05, 3.63) is 52.4 Å². The lowest BCUT2D eigenvalue weighted by Crippen LogP contribution is -2.14. The third-order valence-electron chi connectivity index (χ3n) is 2.99. The minimum atomic E-state index is -0.516. The molecule has 1 N–H and O–H groups in total. The summed E-state index contributed by atoms with van der Waals surface area (Å²) in [6.45, 7) is 1.88. The number of anilines is 1. The Hall–Kier alpha value is -1.92. The van der Waals surface area contributed by atoms with E-state index in [-0.39, 0.29) is 17.4 Å². The predicted molar refractivity (Wildman–Crippen MR) is 91.0 cm³/mol. The van der Waals surface area contributed by atoms with Gasteiger partial charge in [0.05, 0.1) is 18.6 Å². The van der Waals surface area contributed by atoms with Crippen LogP contribution >= 0.6 is 23.4 Å². The van der Waals surface area contributed by atoms with Crippen LogP contribution in [0.5, 0.6) is 0 Å². The molecule has 0 spiro atoms. The average molecular weight is 354 g/mol. The molecule has 0 fully saturated rings. The molecule has 0 saturated carbocycles. The molecule has 7 heteroatoms. The number of furan rings is 1. The van der Waals surface area contributed by atoms with Gasteiger partial charge in [-0.1, -0.05) is 11.6 Å². The molecular weight excluding hydrogens is 338 g/mol. The number of carbonyl (C=O) groups is 2. The van der Waals surface area contributed by atoms with E-state index in [0.717, 1.165) is 11.3 Å². The topological polar surface area (TPSA) is 68.5 Å². The van der Waals surface area contributed by atoms with E-state index in [2.05, 4.69) is 10.1 Å². The molecule has 2 rings (SSSR count). The summed E-state index contributed by atoms with van der Waals surface area (Å²) in [6.07, 6.45) is 0. The van der Waals surface area contributed by atoms with Gasteiger partial charge < -0.3 is 14.5 Å². The summed E-state index contributed by atoms with van der Waals surface area (Å²) in [4.78, 5) is 23.2. The number of rotatable bonds is 6. The van der Waals surface area contributed by atoms with Crippen molar-refractivity contribution in [1.29, 1.82) is 0 Å². The van der Waals surface area contributed by atoms with Gasteiger partial charge in [-0.2, -0.15) is 0 Å². The third kappa shape index (κ3) is 5.04. The van der Waals surface area contributed by atoms with Gasteiger partial charge in [-0.25, -0.2) is 4.79 Å². The highest BCUT2D eigenvalue weighted by Crippen LogP contribution is 2.20. The Kier molecular flexibility index (Phi) is 6.12. The first-order valence-electron chi connectivity index (χ1n) is 6.80. The van der Waals surface area contributed by atoms with E-state index >= 15 is 0 Å². The number of methoxy groups -OCH3 is 1. The monoisotopic (exact) mass is 353 g/mol. The SMILES string of the molecule is COC(=O)c1ccc(CSCC(=O)Nc2ccc(Cl)cc2C)o1. The van der Waals surface area contributed by atoms with Crippen LogP contribution in [0, 0.1) is 6.92 Å². The fourth-order valence-electron chi connectivity index (χ4n) is 1.86. The summed E-state index contributed by atoms with van der Waals surface area (Å²) < 4.78 is 9.89.